The second-order valence-electron chi connectivity index (χ2n) is 4.45. The van der Waals surface area contributed by atoms with Gasteiger partial charge in [0.25, 0.3) is 0 Å². The molecule has 5 heteroatoms. The lowest BCUT2D eigenvalue weighted by Gasteiger charge is -2.52. The fourth-order valence-corrected chi connectivity index (χ4v) is 3.43. The normalized spacial score (nSPS) is 46.1. The van der Waals surface area contributed by atoms with Crippen LogP contribution in [0.2, 0.25) is 0 Å². The molecule has 0 radical (unpaired) electrons. The van der Waals surface area contributed by atoms with Gasteiger partial charge in [-0.05, 0) is 37.9 Å². The van der Waals surface area contributed by atoms with Crippen LogP contribution in [0.15, 0.2) is 0 Å². The summed E-state index contributed by atoms with van der Waals surface area (Å²) in [7, 11) is 0. The Morgan fingerprint density at radius 1 is 0.929 bits per heavy atom. The van der Waals surface area contributed by atoms with Crippen LogP contribution >= 0.6 is 12.2 Å². The van der Waals surface area contributed by atoms with Crippen LogP contribution in [0.1, 0.15) is 25.7 Å². The summed E-state index contributed by atoms with van der Waals surface area (Å²) in [4.78, 5) is 0. The summed E-state index contributed by atoms with van der Waals surface area (Å²) >= 11 is 5.24. The summed E-state index contributed by atoms with van der Waals surface area (Å²) in [6.07, 6.45) is 4.84. The van der Waals surface area contributed by atoms with Gasteiger partial charge in [0.05, 0.1) is 0 Å². The first-order valence-corrected chi connectivity index (χ1v) is 5.78. The third-order valence-electron chi connectivity index (χ3n) is 3.71. The third-order valence-corrected chi connectivity index (χ3v) is 3.92. The van der Waals surface area contributed by atoms with Gasteiger partial charge in [0.1, 0.15) is 11.3 Å². The van der Waals surface area contributed by atoms with E-state index in [9.17, 15) is 0 Å². The molecule has 4 nitrogen and oxygen atoms in total. The summed E-state index contributed by atoms with van der Waals surface area (Å²) in [5.41, 5.74) is -0.0544. The van der Waals surface area contributed by atoms with Crippen molar-refractivity contribution in [1.82, 2.24) is 21.3 Å². The number of piperazine rings is 1. The summed E-state index contributed by atoms with van der Waals surface area (Å²) < 4.78 is 0. The van der Waals surface area contributed by atoms with Gasteiger partial charge in [-0.3, -0.25) is 10.6 Å². The molecule has 2 heterocycles. The van der Waals surface area contributed by atoms with Crippen LogP contribution in [-0.2, 0) is 0 Å². The maximum Gasteiger partial charge on any atom is 0.169 e. The Balaban J connectivity index is 2.01. The predicted molar refractivity (Wildman–Crippen MR) is 58.8 cm³/mol. The van der Waals surface area contributed by atoms with Gasteiger partial charge in [-0.1, -0.05) is 0 Å². The van der Waals surface area contributed by atoms with E-state index in [1.54, 1.807) is 0 Å². The molecule has 3 rings (SSSR count). The number of nitrogens with one attached hydrogen (secondary N) is 4. The van der Waals surface area contributed by atoms with E-state index in [0.717, 1.165) is 31.0 Å². The molecular weight excluding hydrogens is 196 g/mol. The first kappa shape index (κ1) is 8.88. The van der Waals surface area contributed by atoms with Crippen molar-refractivity contribution in [3.05, 3.63) is 0 Å². The molecule has 0 unspecified atom stereocenters. The average molecular weight is 212 g/mol. The Bertz CT molecular complexity index is 240. The molecule has 0 aromatic carbocycles. The highest BCUT2D eigenvalue weighted by atomic mass is 32.1. The largest absolute Gasteiger partial charge is 0.341 e. The SMILES string of the molecule is S=C1N[C@@]23CCCC[C@@]2(NCCN3)N1. The molecule has 0 aromatic rings. The zero-order valence-electron chi connectivity index (χ0n) is 8.15. The average Bonchev–Trinajstić information content (AvgIpc) is 2.48. The number of hydrogen-bond donors (Lipinski definition) is 4. The van der Waals surface area contributed by atoms with Crippen molar-refractivity contribution in [3.8, 4) is 0 Å². The molecule has 3 aliphatic rings. The van der Waals surface area contributed by atoms with E-state index in [-0.39, 0.29) is 11.3 Å². The van der Waals surface area contributed by atoms with Crippen molar-refractivity contribution in [2.24, 2.45) is 0 Å². The summed E-state index contributed by atoms with van der Waals surface area (Å²) in [6.45, 7) is 2.03. The maximum absolute atomic E-state index is 5.24. The van der Waals surface area contributed by atoms with E-state index in [0.29, 0.717) is 0 Å². The molecule has 2 aliphatic heterocycles. The quantitative estimate of drug-likeness (QED) is 0.413. The summed E-state index contributed by atoms with van der Waals surface area (Å²) in [5.74, 6) is 0. The molecule has 1 saturated carbocycles. The van der Waals surface area contributed by atoms with E-state index in [1.165, 1.54) is 12.8 Å². The van der Waals surface area contributed by atoms with Gasteiger partial charge in [-0.2, -0.15) is 0 Å². The summed E-state index contributed by atoms with van der Waals surface area (Å²) in [6, 6.07) is 0. The molecule has 4 N–H and O–H groups in total. The van der Waals surface area contributed by atoms with Crippen molar-refractivity contribution in [3.63, 3.8) is 0 Å². The molecule has 0 amide bonds. The van der Waals surface area contributed by atoms with Gasteiger partial charge in [0, 0.05) is 13.1 Å². The van der Waals surface area contributed by atoms with Gasteiger partial charge in [0.15, 0.2) is 5.11 Å². The van der Waals surface area contributed by atoms with Crippen LogP contribution < -0.4 is 21.3 Å². The Hall–Kier alpha value is -0.390. The lowest BCUT2D eigenvalue weighted by molar-refractivity contribution is 0.0480. The molecular formula is C9H16N4S. The fraction of sp³-hybridized carbons (Fsp3) is 0.889. The Morgan fingerprint density at radius 3 is 1.93 bits per heavy atom. The first-order chi connectivity index (χ1) is 6.77. The lowest BCUT2D eigenvalue weighted by Crippen LogP contribution is -2.79. The predicted octanol–water partition coefficient (Wildman–Crippen LogP) is -0.376. The molecule has 14 heavy (non-hydrogen) atoms. The molecule has 1 aliphatic carbocycles. The van der Waals surface area contributed by atoms with Crippen LogP contribution in [0.5, 0.6) is 0 Å². The molecule has 0 aromatic heterocycles. The molecule has 78 valence electrons. The van der Waals surface area contributed by atoms with E-state index in [1.807, 2.05) is 0 Å². The number of hydrogen-bond acceptors (Lipinski definition) is 3. The topological polar surface area (TPSA) is 48.1 Å². The van der Waals surface area contributed by atoms with Crippen molar-refractivity contribution in [2.45, 2.75) is 37.0 Å². The molecule has 0 bridgehead atoms. The van der Waals surface area contributed by atoms with Gasteiger partial charge in [-0.15, -0.1) is 0 Å². The minimum atomic E-state index is -0.0272. The van der Waals surface area contributed by atoms with Crippen molar-refractivity contribution < 1.29 is 0 Å². The Labute approximate surface area is 89.2 Å². The minimum absolute atomic E-state index is 0.0272. The minimum Gasteiger partial charge on any atom is -0.341 e. The fourth-order valence-electron chi connectivity index (χ4n) is 3.08. The van der Waals surface area contributed by atoms with Crippen molar-refractivity contribution >= 4 is 17.3 Å². The second kappa shape index (κ2) is 2.81. The third kappa shape index (κ3) is 0.975. The van der Waals surface area contributed by atoms with E-state index < -0.39 is 0 Å². The highest BCUT2D eigenvalue weighted by Crippen LogP contribution is 2.37. The smallest absolute Gasteiger partial charge is 0.169 e. The highest BCUT2D eigenvalue weighted by molar-refractivity contribution is 7.80. The van der Waals surface area contributed by atoms with Crippen LogP contribution in [0, 0.1) is 0 Å². The Morgan fingerprint density at radius 2 is 1.43 bits per heavy atom. The Kier molecular flexibility index (Phi) is 1.78. The van der Waals surface area contributed by atoms with Crippen molar-refractivity contribution in [2.75, 3.05) is 13.1 Å². The van der Waals surface area contributed by atoms with E-state index in [4.69, 9.17) is 12.2 Å². The van der Waals surface area contributed by atoms with Gasteiger partial charge >= 0.3 is 0 Å². The van der Waals surface area contributed by atoms with E-state index in [2.05, 4.69) is 21.3 Å². The van der Waals surface area contributed by atoms with Gasteiger partial charge < -0.3 is 10.6 Å². The second-order valence-corrected chi connectivity index (χ2v) is 4.86. The highest BCUT2D eigenvalue weighted by Gasteiger charge is 2.59. The number of thiocarbonyl (C=S) groups is 1. The van der Waals surface area contributed by atoms with Crippen LogP contribution in [0.25, 0.3) is 0 Å². The van der Waals surface area contributed by atoms with Crippen LogP contribution in [0.4, 0.5) is 0 Å². The molecule has 2 atom stereocenters. The molecule has 3 fully saturated rings. The number of rotatable bonds is 0. The van der Waals surface area contributed by atoms with E-state index >= 15 is 0 Å². The van der Waals surface area contributed by atoms with Gasteiger partial charge in [-0.25, -0.2) is 0 Å². The first-order valence-electron chi connectivity index (χ1n) is 5.37. The zero-order chi connectivity index (χ0) is 9.65. The standard InChI is InChI=1S/C9H16N4S/c14-7-12-8-3-1-2-4-9(8,13-7)11-6-5-10-8/h10-11H,1-6H2,(H2,12,13,14)/t8-,9+. The van der Waals surface area contributed by atoms with Crippen LogP contribution in [0.3, 0.4) is 0 Å². The molecule has 2 saturated heterocycles. The molecule has 0 spiro atoms. The van der Waals surface area contributed by atoms with Crippen molar-refractivity contribution in [1.29, 1.82) is 0 Å². The summed E-state index contributed by atoms with van der Waals surface area (Å²) in [5, 5.41) is 14.8. The zero-order valence-corrected chi connectivity index (χ0v) is 8.97. The van der Waals surface area contributed by atoms with Gasteiger partial charge in [0.2, 0.25) is 0 Å². The lowest BCUT2D eigenvalue weighted by atomic mass is 9.78. The monoisotopic (exact) mass is 212 g/mol. The van der Waals surface area contributed by atoms with Crippen LogP contribution in [-0.4, -0.2) is 29.5 Å². The maximum atomic E-state index is 5.24.